The fraction of sp³-hybridized carbons (Fsp3) is 0.719. The van der Waals surface area contributed by atoms with E-state index in [1.165, 1.54) is 0 Å². The van der Waals surface area contributed by atoms with E-state index in [1.54, 1.807) is 24.8 Å². The van der Waals surface area contributed by atoms with Gasteiger partial charge in [0.1, 0.15) is 5.60 Å². The molecule has 0 saturated carbocycles. The molecule has 13 nitrogen and oxygen atoms in total. The second-order valence-electron chi connectivity index (χ2n) is 11.1. The predicted octanol–water partition coefficient (Wildman–Crippen LogP) is 5.07. The number of carbonyl (C=O) groups is 1. The summed E-state index contributed by atoms with van der Waals surface area (Å²) in [6.45, 7) is 9.06. The molecule has 0 unspecified atom stereocenters. The smallest absolute Gasteiger partial charge is 0.407 e. The zero-order valence-electron chi connectivity index (χ0n) is 31.3. The molecule has 4 rings (SSSR count). The van der Waals surface area contributed by atoms with Gasteiger partial charge in [0.2, 0.25) is 11.9 Å². The van der Waals surface area contributed by atoms with Gasteiger partial charge in [-0.3, -0.25) is 9.80 Å². The molecule has 1 amide bonds. The average Bonchev–Trinajstić information content (AvgIpc) is 3.07. The van der Waals surface area contributed by atoms with E-state index >= 15 is 0 Å². The van der Waals surface area contributed by atoms with Crippen molar-refractivity contribution < 1.29 is 20.1 Å². The fourth-order valence-electron chi connectivity index (χ4n) is 4.24. The number of carbonyl (C=O) groups excluding carboxylic acids is 1. The van der Waals surface area contributed by atoms with E-state index in [4.69, 9.17) is 21.1 Å². The average molecular weight is 833 g/mol. The van der Waals surface area contributed by atoms with E-state index in [-0.39, 0.29) is 27.3 Å². The number of amides is 1. The molecule has 2 aliphatic rings. The molecule has 278 valence electrons. The van der Waals surface area contributed by atoms with Gasteiger partial charge >= 0.3 is 6.09 Å². The Hall–Kier alpha value is -1.88. The van der Waals surface area contributed by atoms with Gasteiger partial charge in [-0.15, -0.1) is 12.4 Å². The molecule has 48 heavy (non-hydrogen) atoms. The summed E-state index contributed by atoms with van der Waals surface area (Å²) in [7, 11) is 1.00. The largest absolute Gasteiger partial charge is 0.444 e. The van der Waals surface area contributed by atoms with E-state index in [1.807, 2.05) is 30.6 Å². The van der Waals surface area contributed by atoms with Gasteiger partial charge in [0.25, 0.3) is 0 Å². The minimum Gasteiger partial charge on any atom is -0.444 e. The van der Waals surface area contributed by atoms with Gasteiger partial charge < -0.3 is 30.7 Å². The molecule has 2 aliphatic heterocycles. The number of aliphatic hydroxyl groups is 1. The summed E-state index contributed by atoms with van der Waals surface area (Å²) < 4.78 is 39.8. The van der Waals surface area contributed by atoms with Gasteiger partial charge in [-0.25, -0.2) is 24.7 Å². The van der Waals surface area contributed by atoms with Crippen LogP contribution in [0.4, 0.5) is 16.7 Å². The molecule has 4 N–H and O–H groups in total. The number of alkyl carbamates (subject to hydrolysis) is 1. The van der Waals surface area contributed by atoms with Crippen molar-refractivity contribution in [3.8, 4) is 0 Å². The number of ether oxygens (including phenoxy) is 1. The van der Waals surface area contributed by atoms with Crippen molar-refractivity contribution in [2.45, 2.75) is 66.9 Å². The lowest BCUT2D eigenvalue weighted by molar-refractivity contribution is 0.0526. The monoisotopic (exact) mass is 830 g/mol. The Morgan fingerprint density at radius 2 is 1.19 bits per heavy atom. The Kier molecular flexibility index (Phi) is 22.7. The normalized spacial score (nSPS) is 16.7. The van der Waals surface area contributed by atoms with Crippen molar-refractivity contribution in [2.75, 3.05) is 95.4 Å². The maximum Gasteiger partial charge on any atom is 0.407 e. The van der Waals surface area contributed by atoms with Crippen LogP contribution in [0.5, 0.6) is 0 Å². The molecular weight excluding hydrogens is 768 g/mol. The molecule has 0 atom stereocenters. The Morgan fingerprint density at radius 3 is 1.54 bits per heavy atom. The molecule has 0 aliphatic carbocycles. The van der Waals surface area contributed by atoms with Crippen LogP contribution in [0.1, 0.15) is 66.8 Å². The van der Waals surface area contributed by atoms with Gasteiger partial charge in [-0.05, 0) is 97.9 Å². The van der Waals surface area contributed by atoms with Crippen molar-refractivity contribution in [3.63, 3.8) is 0 Å². The first-order valence-electron chi connectivity index (χ1n) is 17.2. The van der Waals surface area contributed by atoms with Crippen molar-refractivity contribution >= 4 is 62.3 Å². The molecule has 2 aromatic rings. The summed E-state index contributed by atoms with van der Waals surface area (Å²) in [5.74, 6) is 1.37. The summed E-state index contributed by atoms with van der Waals surface area (Å²) in [5, 5.41) is 9.67. The van der Waals surface area contributed by atoms with Crippen LogP contribution in [-0.2, 0) is 4.74 Å². The van der Waals surface area contributed by atoms with Crippen LogP contribution in [-0.4, -0.2) is 132 Å². The van der Waals surface area contributed by atoms with Gasteiger partial charge in [-0.2, -0.15) is 0 Å². The molecule has 16 heteroatoms. The van der Waals surface area contributed by atoms with E-state index in [9.17, 15) is 4.79 Å². The van der Waals surface area contributed by atoms with Crippen molar-refractivity contribution in [2.24, 2.45) is 5.73 Å². The Balaban J connectivity index is 0. The van der Waals surface area contributed by atoms with E-state index in [0.717, 1.165) is 29.1 Å². The number of hydrogen-bond acceptors (Lipinski definition) is 12. The van der Waals surface area contributed by atoms with Crippen molar-refractivity contribution in [1.29, 1.82) is 0 Å². The van der Waals surface area contributed by atoms with Crippen LogP contribution < -0.4 is 20.9 Å². The van der Waals surface area contributed by atoms with E-state index in [0.29, 0.717) is 89.9 Å². The minimum absolute atomic E-state index is 0. The summed E-state index contributed by atoms with van der Waals surface area (Å²) >= 11 is 6.64. The first kappa shape index (κ1) is 40.5. The van der Waals surface area contributed by atoms with Crippen LogP contribution >= 0.6 is 44.3 Å². The Morgan fingerprint density at radius 1 is 0.812 bits per heavy atom. The lowest BCUT2D eigenvalue weighted by atomic mass is 10.2. The number of nitrogens with zero attached hydrogens (tertiary/aromatic N) is 8. The van der Waals surface area contributed by atoms with Crippen LogP contribution in [0.25, 0.3) is 0 Å². The standard InChI is InChI=1S/C17H28BrN5O2.C12H20BrN5.CH4O.2CH4.ClH/c1-17(2,3)25-16(24)19-6-4-5-7-22-8-10-23(11-9-22)15-20-12-14(18)13-21-15;13-11-9-15-12(16-10-11)18-7-5-17(6-8-18)4-2-1-3-14;1-2;;;/h12-13H,4-11H2,1-3H3,(H,19,24);9-10H,1-8,14H2;2H,1H3;2*1H4;1H/i7D2;4D2;;;;. The number of nitrogens with one attached hydrogen (secondary N) is 1. The number of aliphatic hydroxyl groups excluding tert-OH is 1. The Labute approximate surface area is 318 Å². The number of aromatic nitrogens is 4. The predicted molar refractivity (Wildman–Crippen MR) is 207 cm³/mol. The lowest BCUT2D eigenvalue weighted by Gasteiger charge is -2.34. The highest BCUT2D eigenvalue weighted by Crippen LogP contribution is 2.15. The third kappa shape index (κ3) is 20.0. The lowest BCUT2D eigenvalue weighted by Crippen LogP contribution is -2.47. The second-order valence-corrected chi connectivity index (χ2v) is 12.9. The zero-order chi connectivity index (χ0) is 36.7. The Bertz CT molecular complexity index is 1240. The third-order valence-corrected chi connectivity index (χ3v) is 7.23. The maximum atomic E-state index is 11.6. The summed E-state index contributed by atoms with van der Waals surface area (Å²) in [6, 6.07) is 0. The second kappa shape index (κ2) is 26.9. The number of halogens is 3. The molecule has 2 aromatic heterocycles. The van der Waals surface area contributed by atoms with E-state index < -0.39 is 24.7 Å². The van der Waals surface area contributed by atoms with Gasteiger partial charge in [0, 0.05) is 96.3 Å². The molecule has 2 saturated heterocycles. The van der Waals surface area contributed by atoms with Crippen LogP contribution in [0.15, 0.2) is 33.7 Å². The van der Waals surface area contributed by atoms with Crippen molar-refractivity contribution in [3.05, 3.63) is 33.7 Å². The zero-order valence-corrected chi connectivity index (χ0v) is 31.3. The molecule has 0 aromatic carbocycles. The van der Waals surface area contributed by atoms with Crippen molar-refractivity contribution in [1.82, 2.24) is 35.1 Å². The summed E-state index contributed by atoms with van der Waals surface area (Å²) in [6.07, 6.45) is 8.51. The molecule has 0 spiro atoms. The van der Waals surface area contributed by atoms with Gasteiger partial charge in [-0.1, -0.05) is 14.9 Å². The molecule has 4 heterocycles. The van der Waals surface area contributed by atoms with E-state index in [2.05, 4.69) is 66.9 Å². The minimum atomic E-state index is -1.41. The quantitative estimate of drug-likeness (QED) is 0.260. The number of hydrogen-bond donors (Lipinski definition) is 3. The summed E-state index contributed by atoms with van der Waals surface area (Å²) in [5.41, 5.74) is 4.93. The van der Waals surface area contributed by atoms with Crippen LogP contribution in [0.3, 0.4) is 0 Å². The number of nitrogens with two attached hydrogens (primary N) is 1. The fourth-order valence-corrected chi connectivity index (χ4v) is 4.65. The number of piperazine rings is 2. The molecular formula is C32H61Br2ClN10O3. The van der Waals surface area contributed by atoms with Gasteiger partial charge in [0.05, 0.1) is 8.95 Å². The SMILES string of the molecule is C.C.CO.Cl.[2H]C([2H])(CCCN)N1CCN(c2ncc(Br)cn2)CC1.[2H]C([2H])(CCCNC(=O)OC(C)(C)C)N1CCN(c2ncc(Br)cn2)CC1. The number of anilines is 2. The first-order valence-corrected chi connectivity index (χ1v) is 16.7. The van der Waals surface area contributed by atoms with Crippen LogP contribution in [0.2, 0.25) is 0 Å². The topological polar surface area (TPSA) is 149 Å². The van der Waals surface area contributed by atoms with Crippen LogP contribution in [0, 0.1) is 0 Å². The maximum absolute atomic E-state index is 11.6. The third-order valence-electron chi connectivity index (χ3n) is 6.41. The van der Waals surface area contributed by atoms with Gasteiger partial charge in [0.15, 0.2) is 0 Å². The summed E-state index contributed by atoms with van der Waals surface area (Å²) in [4.78, 5) is 36.6. The molecule has 2 fully saturated rings. The highest BCUT2D eigenvalue weighted by atomic mass is 79.9. The number of rotatable bonds is 11. The first-order chi connectivity index (χ1) is 23.1. The molecule has 0 radical (unpaired) electrons. The molecule has 0 bridgehead atoms. The highest BCUT2D eigenvalue weighted by molar-refractivity contribution is 9.10. The highest BCUT2D eigenvalue weighted by Gasteiger charge is 2.20.